The van der Waals surface area contributed by atoms with Gasteiger partial charge in [0.25, 0.3) is 5.56 Å². The van der Waals surface area contributed by atoms with Crippen LogP contribution in [0.1, 0.15) is 42.0 Å². The third kappa shape index (κ3) is 3.59. The van der Waals surface area contributed by atoms with Gasteiger partial charge >= 0.3 is 0 Å². The van der Waals surface area contributed by atoms with Gasteiger partial charge in [-0.3, -0.25) is 19.1 Å². The van der Waals surface area contributed by atoms with Crippen molar-refractivity contribution in [2.45, 2.75) is 46.1 Å². The van der Waals surface area contributed by atoms with E-state index in [0.29, 0.717) is 11.7 Å². The molecule has 5 rings (SSSR count). The minimum atomic E-state index is -0.0979. The van der Waals surface area contributed by atoms with Crippen molar-refractivity contribution in [3.63, 3.8) is 0 Å². The zero-order valence-corrected chi connectivity index (χ0v) is 19.1. The molecule has 6 nitrogen and oxygen atoms in total. The number of hydrogen-bond acceptors (Lipinski definition) is 6. The first-order chi connectivity index (χ1) is 15.0. The summed E-state index contributed by atoms with van der Waals surface area (Å²) in [6.45, 7) is 3.97. The molecular formula is C23H22N4O2S2. The van der Waals surface area contributed by atoms with Crippen molar-refractivity contribution in [3.8, 4) is 0 Å². The van der Waals surface area contributed by atoms with Crippen LogP contribution >= 0.6 is 22.7 Å². The van der Waals surface area contributed by atoms with Crippen molar-refractivity contribution >= 4 is 49.6 Å². The largest absolute Gasteiger partial charge is 0.293 e. The second-order valence-electron chi connectivity index (χ2n) is 7.71. The van der Waals surface area contributed by atoms with Gasteiger partial charge in [0, 0.05) is 17.2 Å². The fraction of sp³-hybridized carbons (Fsp3) is 0.304. The van der Waals surface area contributed by atoms with Crippen LogP contribution in [-0.4, -0.2) is 20.4 Å². The Kier molecular flexibility index (Phi) is 5.19. The van der Waals surface area contributed by atoms with Crippen molar-refractivity contribution in [1.82, 2.24) is 14.5 Å². The molecule has 0 bridgehead atoms. The Morgan fingerprint density at radius 2 is 2.03 bits per heavy atom. The zero-order valence-electron chi connectivity index (χ0n) is 17.4. The van der Waals surface area contributed by atoms with E-state index in [1.807, 2.05) is 29.6 Å². The van der Waals surface area contributed by atoms with Gasteiger partial charge in [0.05, 0.1) is 29.6 Å². The first kappa shape index (κ1) is 20.1. The lowest BCUT2D eigenvalue weighted by molar-refractivity contribution is -0.115. The summed E-state index contributed by atoms with van der Waals surface area (Å²) in [5.74, 6) is -0.0979. The van der Waals surface area contributed by atoms with Gasteiger partial charge in [0.1, 0.15) is 4.83 Å². The Hall–Kier alpha value is -2.84. The van der Waals surface area contributed by atoms with Crippen LogP contribution in [-0.2, 0) is 30.6 Å². The van der Waals surface area contributed by atoms with E-state index in [0.717, 1.165) is 47.3 Å². The molecule has 3 aromatic heterocycles. The van der Waals surface area contributed by atoms with E-state index in [2.05, 4.69) is 16.9 Å². The Balaban J connectivity index is 1.45. The number of hydrogen-bond donors (Lipinski definition) is 0. The summed E-state index contributed by atoms with van der Waals surface area (Å²) in [6.07, 6.45) is 5.68. The van der Waals surface area contributed by atoms with E-state index in [4.69, 9.17) is 0 Å². The SMILES string of the molecule is CCc1ccc(N(C(C)=O)c2nc(Cn3cnc4sc5c(c4c3=O)CCC5)cs2)cc1. The summed E-state index contributed by atoms with van der Waals surface area (Å²) in [7, 11) is 0. The molecule has 3 heterocycles. The molecule has 0 fully saturated rings. The molecule has 8 heteroatoms. The number of thiophene rings is 1. The van der Waals surface area contributed by atoms with E-state index < -0.39 is 0 Å². The lowest BCUT2D eigenvalue weighted by atomic mass is 10.1. The van der Waals surface area contributed by atoms with E-state index >= 15 is 0 Å². The summed E-state index contributed by atoms with van der Waals surface area (Å²) in [6, 6.07) is 7.95. The number of nitrogens with zero attached hydrogens (tertiary/aromatic N) is 4. The molecule has 0 spiro atoms. The van der Waals surface area contributed by atoms with Crippen molar-refractivity contribution < 1.29 is 4.79 Å². The molecule has 1 aliphatic carbocycles. The molecule has 4 aromatic rings. The van der Waals surface area contributed by atoms with E-state index in [-0.39, 0.29) is 11.5 Å². The highest BCUT2D eigenvalue weighted by Gasteiger charge is 2.22. The predicted octanol–water partition coefficient (Wildman–Crippen LogP) is 4.70. The van der Waals surface area contributed by atoms with Gasteiger partial charge in [0.15, 0.2) is 5.13 Å². The summed E-state index contributed by atoms with van der Waals surface area (Å²) < 4.78 is 1.63. The van der Waals surface area contributed by atoms with Gasteiger partial charge in [-0.15, -0.1) is 22.7 Å². The quantitative estimate of drug-likeness (QED) is 0.442. The van der Waals surface area contributed by atoms with Gasteiger partial charge in [0.2, 0.25) is 5.91 Å². The Labute approximate surface area is 187 Å². The van der Waals surface area contributed by atoms with Gasteiger partial charge in [-0.1, -0.05) is 19.1 Å². The number of carbonyl (C=O) groups excluding carboxylic acids is 1. The number of amides is 1. The maximum atomic E-state index is 13.1. The number of aromatic nitrogens is 3. The summed E-state index contributed by atoms with van der Waals surface area (Å²) in [5, 5.41) is 3.28. The van der Waals surface area contributed by atoms with E-state index in [1.165, 1.54) is 34.3 Å². The molecule has 0 radical (unpaired) electrons. The van der Waals surface area contributed by atoms with Gasteiger partial charge in [-0.25, -0.2) is 9.97 Å². The second-order valence-corrected chi connectivity index (χ2v) is 9.63. The number of fused-ring (bicyclic) bond motifs is 3. The molecule has 1 amide bonds. The highest BCUT2D eigenvalue weighted by Crippen LogP contribution is 2.34. The molecule has 0 aliphatic heterocycles. The highest BCUT2D eigenvalue weighted by molar-refractivity contribution is 7.18. The van der Waals surface area contributed by atoms with Crippen LogP contribution in [0.5, 0.6) is 0 Å². The third-order valence-corrected chi connectivity index (χ3v) is 7.75. The van der Waals surface area contributed by atoms with Crippen LogP contribution in [0.15, 0.2) is 40.8 Å². The van der Waals surface area contributed by atoms with Crippen LogP contribution in [0.4, 0.5) is 10.8 Å². The number of carbonyl (C=O) groups is 1. The van der Waals surface area contributed by atoms with Crippen molar-refractivity contribution in [1.29, 1.82) is 0 Å². The normalized spacial score (nSPS) is 13.0. The van der Waals surface area contributed by atoms with Crippen LogP contribution in [0, 0.1) is 0 Å². The van der Waals surface area contributed by atoms with Crippen LogP contribution in [0.2, 0.25) is 0 Å². The topological polar surface area (TPSA) is 68.1 Å². The molecular weight excluding hydrogens is 428 g/mol. The second kappa shape index (κ2) is 8.01. The van der Waals surface area contributed by atoms with Crippen LogP contribution in [0.25, 0.3) is 10.2 Å². The summed E-state index contributed by atoms with van der Waals surface area (Å²) in [5.41, 5.74) is 3.93. The number of anilines is 2. The van der Waals surface area contributed by atoms with Crippen molar-refractivity contribution in [2.24, 2.45) is 0 Å². The molecule has 0 saturated heterocycles. The lowest BCUT2D eigenvalue weighted by Crippen LogP contribution is -2.23. The summed E-state index contributed by atoms with van der Waals surface area (Å²) in [4.78, 5) is 38.5. The van der Waals surface area contributed by atoms with E-state index in [1.54, 1.807) is 27.1 Å². The number of benzene rings is 1. The van der Waals surface area contributed by atoms with Gasteiger partial charge < -0.3 is 0 Å². The Morgan fingerprint density at radius 3 is 2.77 bits per heavy atom. The number of aryl methyl sites for hydroxylation is 3. The summed E-state index contributed by atoms with van der Waals surface area (Å²) >= 11 is 3.05. The lowest BCUT2D eigenvalue weighted by Gasteiger charge is -2.18. The molecule has 1 aliphatic rings. The fourth-order valence-electron chi connectivity index (χ4n) is 4.09. The smallest absolute Gasteiger partial charge is 0.262 e. The molecule has 31 heavy (non-hydrogen) atoms. The first-order valence-electron chi connectivity index (χ1n) is 10.4. The average Bonchev–Trinajstić information content (AvgIpc) is 3.47. The van der Waals surface area contributed by atoms with Crippen molar-refractivity contribution in [3.05, 3.63) is 68.0 Å². The average molecular weight is 451 g/mol. The van der Waals surface area contributed by atoms with Crippen LogP contribution < -0.4 is 10.5 Å². The standard InChI is InChI=1S/C23H22N4O2S2/c1-3-15-7-9-17(10-8-15)27(14(2)28)23-25-16(12-30-23)11-26-13-24-21-20(22(26)29)18-5-4-6-19(18)31-21/h7-10,12-13H,3-6,11H2,1-2H3. The zero-order chi connectivity index (χ0) is 21.5. The molecule has 0 saturated carbocycles. The molecule has 1 aromatic carbocycles. The monoisotopic (exact) mass is 450 g/mol. The van der Waals surface area contributed by atoms with E-state index in [9.17, 15) is 9.59 Å². The first-order valence-corrected chi connectivity index (χ1v) is 12.1. The molecule has 158 valence electrons. The van der Waals surface area contributed by atoms with Crippen LogP contribution in [0.3, 0.4) is 0 Å². The Morgan fingerprint density at radius 1 is 1.23 bits per heavy atom. The Bertz CT molecular complexity index is 1330. The fourth-order valence-corrected chi connectivity index (χ4v) is 6.18. The highest BCUT2D eigenvalue weighted by atomic mass is 32.1. The van der Waals surface area contributed by atoms with Gasteiger partial charge in [-0.05, 0) is 48.9 Å². The maximum Gasteiger partial charge on any atom is 0.262 e. The minimum Gasteiger partial charge on any atom is -0.293 e. The molecule has 0 atom stereocenters. The third-order valence-electron chi connectivity index (χ3n) is 5.67. The predicted molar refractivity (Wildman–Crippen MR) is 126 cm³/mol. The number of thiazole rings is 1. The molecule has 0 unspecified atom stereocenters. The van der Waals surface area contributed by atoms with Gasteiger partial charge in [-0.2, -0.15) is 0 Å². The number of rotatable bonds is 5. The minimum absolute atomic E-state index is 0.00229. The molecule has 0 N–H and O–H groups in total. The van der Waals surface area contributed by atoms with Crippen molar-refractivity contribution in [2.75, 3.05) is 4.90 Å². The maximum absolute atomic E-state index is 13.1.